The van der Waals surface area contributed by atoms with Crippen LogP contribution in [0.1, 0.15) is 12.0 Å². The molecule has 98 valence electrons. The van der Waals surface area contributed by atoms with E-state index in [4.69, 9.17) is 0 Å². The van der Waals surface area contributed by atoms with Crippen molar-refractivity contribution in [3.05, 3.63) is 46.1 Å². The van der Waals surface area contributed by atoms with Crippen LogP contribution in [-0.2, 0) is 16.0 Å². The topological polar surface area (TPSA) is 82.3 Å². The summed E-state index contributed by atoms with van der Waals surface area (Å²) in [5.41, 5.74) is 1.08. The van der Waals surface area contributed by atoms with E-state index in [2.05, 4.69) is 9.72 Å². The van der Waals surface area contributed by atoms with E-state index >= 15 is 0 Å². The predicted octanol–water partition coefficient (Wildman–Crippen LogP) is 2.25. The molecule has 0 aliphatic rings. The molecule has 2 aromatic rings. The van der Waals surface area contributed by atoms with E-state index in [-0.39, 0.29) is 24.5 Å². The number of ether oxygens (including phenoxy) is 1. The van der Waals surface area contributed by atoms with Crippen LogP contribution in [0.5, 0.6) is 0 Å². The summed E-state index contributed by atoms with van der Waals surface area (Å²) in [6, 6.07) is 6.66. The second-order valence-electron chi connectivity index (χ2n) is 3.98. The van der Waals surface area contributed by atoms with Crippen LogP contribution in [-0.4, -0.2) is 23.0 Å². The van der Waals surface area contributed by atoms with Crippen molar-refractivity contribution < 1.29 is 14.5 Å². The van der Waals surface area contributed by atoms with Crippen molar-refractivity contribution in [1.29, 1.82) is 0 Å². The first-order valence-corrected chi connectivity index (χ1v) is 5.71. The Labute approximate surface area is 109 Å². The zero-order chi connectivity index (χ0) is 13.8. The monoisotopic (exact) mass is 260 g/mol. The van der Waals surface area contributed by atoms with E-state index in [0.717, 1.165) is 0 Å². The number of carbonyl (C=O) groups is 1. The van der Waals surface area contributed by atoms with Gasteiger partial charge >= 0.3 is 5.97 Å². The van der Waals surface area contributed by atoms with Crippen molar-refractivity contribution in [2.24, 2.45) is 0 Å². The Morgan fingerprint density at radius 3 is 2.89 bits per heavy atom. The molecule has 1 heterocycles. The van der Waals surface area contributed by atoms with E-state index in [1.807, 2.05) is 0 Å². The minimum atomic E-state index is -0.434. The second-order valence-corrected chi connectivity index (χ2v) is 3.98. The number of benzene rings is 1. The first kappa shape index (κ1) is 12.9. The Bertz CT molecular complexity index is 640. The number of nitrogens with zero attached hydrogens (tertiary/aromatic N) is 2. The Morgan fingerprint density at radius 2 is 2.21 bits per heavy atom. The lowest BCUT2D eigenvalue weighted by atomic mass is 10.0. The number of pyridine rings is 1. The number of esters is 1. The molecule has 0 aliphatic carbocycles. The van der Waals surface area contributed by atoms with Crippen molar-refractivity contribution in [2.75, 3.05) is 7.11 Å². The lowest BCUT2D eigenvalue weighted by Gasteiger charge is -2.05. The summed E-state index contributed by atoms with van der Waals surface area (Å²) in [4.78, 5) is 26.0. The van der Waals surface area contributed by atoms with Gasteiger partial charge in [0.15, 0.2) is 0 Å². The third kappa shape index (κ3) is 2.67. The van der Waals surface area contributed by atoms with Crippen LogP contribution in [0.4, 0.5) is 5.69 Å². The van der Waals surface area contributed by atoms with Gasteiger partial charge in [-0.3, -0.25) is 19.9 Å². The molecule has 1 aromatic carbocycles. The number of carbonyl (C=O) groups excluding carboxylic acids is 1. The van der Waals surface area contributed by atoms with E-state index in [1.165, 1.54) is 7.11 Å². The fourth-order valence-corrected chi connectivity index (χ4v) is 1.94. The fraction of sp³-hybridized carbons (Fsp3) is 0.231. The van der Waals surface area contributed by atoms with Gasteiger partial charge in [-0.2, -0.15) is 0 Å². The number of nitro benzene ring substituents is 1. The zero-order valence-electron chi connectivity index (χ0n) is 10.3. The Kier molecular flexibility index (Phi) is 3.70. The molecule has 0 atom stereocenters. The number of rotatable bonds is 4. The summed E-state index contributed by atoms with van der Waals surface area (Å²) in [7, 11) is 1.29. The standard InChI is InChI=1S/C13H12N2O4/c1-19-12(16)7-5-9-4-6-11-10(3-2-8-14-11)13(9)15(17)18/h2-4,6,8H,5,7H2,1H3. The molecule has 0 radical (unpaired) electrons. The van der Waals surface area contributed by atoms with Gasteiger partial charge in [-0.25, -0.2) is 0 Å². The summed E-state index contributed by atoms with van der Waals surface area (Å²) in [6.07, 6.45) is 1.97. The highest BCUT2D eigenvalue weighted by molar-refractivity contribution is 5.89. The van der Waals surface area contributed by atoms with Crippen LogP contribution < -0.4 is 0 Å². The van der Waals surface area contributed by atoms with E-state index in [0.29, 0.717) is 16.5 Å². The minimum absolute atomic E-state index is 0.00880. The smallest absolute Gasteiger partial charge is 0.305 e. The SMILES string of the molecule is COC(=O)CCc1ccc2ncccc2c1[N+](=O)[O-]. The lowest BCUT2D eigenvalue weighted by Crippen LogP contribution is -2.04. The Hall–Kier alpha value is -2.50. The molecule has 2 rings (SSSR count). The molecule has 0 fully saturated rings. The van der Waals surface area contributed by atoms with Crippen LogP contribution >= 0.6 is 0 Å². The quantitative estimate of drug-likeness (QED) is 0.478. The highest BCUT2D eigenvalue weighted by Crippen LogP contribution is 2.29. The molecule has 1 aromatic heterocycles. The summed E-state index contributed by atoms with van der Waals surface area (Å²) in [5, 5.41) is 11.7. The molecular weight excluding hydrogens is 248 g/mol. The van der Waals surface area contributed by atoms with Gasteiger partial charge < -0.3 is 4.74 Å². The molecule has 0 spiro atoms. The average Bonchev–Trinajstić information content (AvgIpc) is 2.43. The molecule has 0 amide bonds. The molecule has 0 aliphatic heterocycles. The Balaban J connectivity index is 2.46. The van der Waals surface area contributed by atoms with Gasteiger partial charge in [-0.15, -0.1) is 0 Å². The first-order chi connectivity index (χ1) is 9.13. The molecule has 0 N–H and O–H groups in total. The maximum Gasteiger partial charge on any atom is 0.305 e. The molecule has 0 unspecified atom stereocenters. The predicted molar refractivity (Wildman–Crippen MR) is 68.7 cm³/mol. The third-order valence-electron chi connectivity index (χ3n) is 2.85. The maximum absolute atomic E-state index is 11.2. The van der Waals surface area contributed by atoms with Crippen molar-refractivity contribution in [3.63, 3.8) is 0 Å². The number of fused-ring (bicyclic) bond motifs is 1. The first-order valence-electron chi connectivity index (χ1n) is 5.71. The van der Waals surface area contributed by atoms with Gasteiger partial charge in [0.2, 0.25) is 0 Å². The normalized spacial score (nSPS) is 10.4. The van der Waals surface area contributed by atoms with Gasteiger partial charge in [0.25, 0.3) is 5.69 Å². The van der Waals surface area contributed by atoms with E-state index < -0.39 is 4.92 Å². The second kappa shape index (κ2) is 5.43. The minimum Gasteiger partial charge on any atom is -0.469 e. The van der Waals surface area contributed by atoms with Crippen LogP contribution in [0.3, 0.4) is 0 Å². The summed E-state index contributed by atoms with van der Waals surface area (Å²) >= 11 is 0. The molecule has 0 bridgehead atoms. The van der Waals surface area contributed by atoms with Crippen molar-refractivity contribution >= 4 is 22.6 Å². The van der Waals surface area contributed by atoms with Gasteiger partial charge in [-0.1, -0.05) is 0 Å². The third-order valence-corrected chi connectivity index (χ3v) is 2.85. The molecule has 6 heteroatoms. The van der Waals surface area contributed by atoms with Crippen molar-refractivity contribution in [2.45, 2.75) is 12.8 Å². The highest BCUT2D eigenvalue weighted by atomic mass is 16.6. The largest absolute Gasteiger partial charge is 0.469 e. The lowest BCUT2D eigenvalue weighted by molar-refractivity contribution is -0.383. The zero-order valence-corrected chi connectivity index (χ0v) is 10.3. The molecule has 0 saturated heterocycles. The molecule has 19 heavy (non-hydrogen) atoms. The number of aromatic nitrogens is 1. The van der Waals surface area contributed by atoms with Gasteiger partial charge in [0.1, 0.15) is 0 Å². The number of methoxy groups -OCH3 is 1. The Morgan fingerprint density at radius 1 is 1.42 bits per heavy atom. The van der Waals surface area contributed by atoms with Crippen LogP contribution in [0.2, 0.25) is 0 Å². The van der Waals surface area contributed by atoms with Gasteiger partial charge in [-0.05, 0) is 30.7 Å². The summed E-state index contributed by atoms with van der Waals surface area (Å²) < 4.78 is 4.54. The van der Waals surface area contributed by atoms with E-state index in [1.54, 1.807) is 30.5 Å². The fourth-order valence-electron chi connectivity index (χ4n) is 1.94. The van der Waals surface area contributed by atoms with Gasteiger partial charge in [0, 0.05) is 18.2 Å². The summed E-state index contributed by atoms with van der Waals surface area (Å²) in [5.74, 6) is -0.388. The van der Waals surface area contributed by atoms with Crippen LogP contribution in [0.25, 0.3) is 10.9 Å². The maximum atomic E-state index is 11.2. The number of nitro groups is 1. The van der Waals surface area contributed by atoms with Crippen LogP contribution in [0.15, 0.2) is 30.5 Å². The van der Waals surface area contributed by atoms with Gasteiger partial charge in [0.05, 0.1) is 22.9 Å². The van der Waals surface area contributed by atoms with Crippen molar-refractivity contribution in [1.82, 2.24) is 4.98 Å². The number of hydrogen-bond donors (Lipinski definition) is 0. The number of hydrogen-bond acceptors (Lipinski definition) is 5. The van der Waals surface area contributed by atoms with Crippen molar-refractivity contribution in [3.8, 4) is 0 Å². The van der Waals surface area contributed by atoms with Crippen LogP contribution in [0, 0.1) is 10.1 Å². The number of aryl methyl sites for hydroxylation is 1. The molecule has 6 nitrogen and oxygen atoms in total. The molecular formula is C13H12N2O4. The van der Waals surface area contributed by atoms with E-state index in [9.17, 15) is 14.9 Å². The average molecular weight is 260 g/mol. The highest BCUT2D eigenvalue weighted by Gasteiger charge is 2.19. The molecule has 0 saturated carbocycles. The summed E-state index contributed by atoms with van der Waals surface area (Å²) in [6.45, 7) is 0.